The second-order valence-electron chi connectivity index (χ2n) is 8.76. The summed E-state index contributed by atoms with van der Waals surface area (Å²) in [5.74, 6) is 0.791. The molecule has 2 saturated heterocycles. The Bertz CT molecular complexity index is 1070. The molecule has 2 aromatic rings. The van der Waals surface area contributed by atoms with Gasteiger partial charge >= 0.3 is 0 Å². The van der Waals surface area contributed by atoms with Gasteiger partial charge in [0.25, 0.3) is 11.9 Å². The zero-order valence-electron chi connectivity index (χ0n) is 18.7. The monoisotopic (exact) mass is 473 g/mol. The number of anilines is 1. The second-order valence-corrected chi connectivity index (χ2v) is 9.15. The zero-order valence-corrected chi connectivity index (χ0v) is 19.5. The highest BCUT2D eigenvalue weighted by molar-refractivity contribution is 6.29. The third-order valence-corrected chi connectivity index (χ3v) is 6.52. The van der Waals surface area contributed by atoms with E-state index in [4.69, 9.17) is 25.5 Å². The van der Waals surface area contributed by atoms with Crippen molar-refractivity contribution in [3.63, 3.8) is 0 Å². The lowest BCUT2D eigenvalue weighted by Gasteiger charge is -2.34. The van der Waals surface area contributed by atoms with Crippen LogP contribution in [0.4, 0.5) is 6.01 Å². The number of aromatic nitrogens is 2. The van der Waals surface area contributed by atoms with E-state index < -0.39 is 0 Å². The van der Waals surface area contributed by atoms with Crippen LogP contribution in [0.2, 0.25) is 5.15 Å². The third-order valence-electron chi connectivity index (χ3n) is 6.31. The maximum Gasteiger partial charge on any atom is 0.300 e. The number of halogens is 1. The zero-order chi connectivity index (χ0) is 22.8. The molecule has 2 atom stereocenters. The number of carbonyl (C=O) groups is 1. The number of oxazole rings is 1. The fraction of sp³-hybridized carbons (Fsp3) is 0.565. The van der Waals surface area contributed by atoms with Gasteiger partial charge in [-0.1, -0.05) is 18.5 Å². The fourth-order valence-corrected chi connectivity index (χ4v) is 4.54. The highest BCUT2D eigenvalue weighted by atomic mass is 35.5. The van der Waals surface area contributed by atoms with Crippen molar-refractivity contribution in [3.8, 4) is 0 Å². The van der Waals surface area contributed by atoms with E-state index in [2.05, 4.69) is 15.0 Å². The Morgan fingerprint density at radius 1 is 1.21 bits per heavy atom. The summed E-state index contributed by atoms with van der Waals surface area (Å²) in [5.41, 5.74) is 1.81. The van der Waals surface area contributed by atoms with Crippen molar-refractivity contribution in [2.75, 3.05) is 44.3 Å². The molecule has 2 aromatic heterocycles. The minimum Gasteiger partial charge on any atom is -0.478 e. The van der Waals surface area contributed by atoms with E-state index >= 15 is 0 Å². The van der Waals surface area contributed by atoms with Crippen molar-refractivity contribution in [3.05, 3.63) is 29.1 Å². The van der Waals surface area contributed by atoms with Gasteiger partial charge in [0.05, 0.1) is 6.10 Å². The molecule has 0 N–H and O–H groups in total. The molecule has 0 radical (unpaired) electrons. The largest absolute Gasteiger partial charge is 0.478 e. The summed E-state index contributed by atoms with van der Waals surface area (Å²) >= 11 is 5.94. The lowest BCUT2D eigenvalue weighted by atomic mass is 9.98. The van der Waals surface area contributed by atoms with Gasteiger partial charge in [-0.05, 0) is 37.8 Å². The van der Waals surface area contributed by atoms with E-state index in [0.717, 1.165) is 25.0 Å². The van der Waals surface area contributed by atoms with Crippen molar-refractivity contribution in [1.82, 2.24) is 14.9 Å². The molecule has 0 saturated carbocycles. The van der Waals surface area contributed by atoms with E-state index in [1.54, 1.807) is 18.3 Å². The van der Waals surface area contributed by atoms with Crippen LogP contribution >= 0.6 is 11.6 Å². The molecule has 0 spiro atoms. The minimum atomic E-state index is 0.0333. The molecule has 3 aliphatic rings. The Morgan fingerprint density at radius 3 is 2.82 bits per heavy atom. The van der Waals surface area contributed by atoms with Crippen LogP contribution in [0.3, 0.4) is 0 Å². The Balaban J connectivity index is 1.16. The van der Waals surface area contributed by atoms with Crippen molar-refractivity contribution in [1.29, 1.82) is 0 Å². The van der Waals surface area contributed by atoms with Gasteiger partial charge in [-0.25, -0.2) is 9.98 Å². The van der Waals surface area contributed by atoms with Gasteiger partial charge in [-0.2, -0.15) is 4.98 Å². The summed E-state index contributed by atoms with van der Waals surface area (Å²) < 4.78 is 17.5. The van der Waals surface area contributed by atoms with Crippen molar-refractivity contribution in [2.24, 2.45) is 10.9 Å². The van der Waals surface area contributed by atoms with Crippen LogP contribution in [-0.2, 0) is 14.3 Å². The standard InChI is InChI=1S/C23H28ClN5O4/c1-15-12-16(13-25-21(15)32-14-17-4-2-3-11-31-17)22(30)28-7-9-29(10-8-28)23-27-20-18(33-23)5-6-19(24)26-20/h5-6,13,15,17H,2-4,7-12,14H2,1H3. The highest BCUT2D eigenvalue weighted by Crippen LogP contribution is 2.25. The van der Waals surface area contributed by atoms with Crippen molar-refractivity contribution >= 4 is 40.7 Å². The predicted octanol–water partition coefficient (Wildman–Crippen LogP) is 3.43. The van der Waals surface area contributed by atoms with Crippen molar-refractivity contribution in [2.45, 2.75) is 38.7 Å². The Labute approximate surface area is 197 Å². The summed E-state index contributed by atoms with van der Waals surface area (Å²) in [6.07, 6.45) is 5.77. The van der Waals surface area contributed by atoms with E-state index in [1.807, 2.05) is 16.7 Å². The van der Waals surface area contributed by atoms with Gasteiger partial charge in [-0.15, -0.1) is 0 Å². The summed E-state index contributed by atoms with van der Waals surface area (Å²) in [6, 6.07) is 3.95. The molecule has 10 heteroatoms. The van der Waals surface area contributed by atoms with E-state index in [-0.39, 0.29) is 17.9 Å². The average molecular weight is 474 g/mol. The number of hydrogen-bond acceptors (Lipinski definition) is 8. The first kappa shape index (κ1) is 22.2. The number of hydrogen-bond donors (Lipinski definition) is 0. The quantitative estimate of drug-likeness (QED) is 0.628. The Kier molecular flexibility index (Phi) is 6.50. The van der Waals surface area contributed by atoms with E-state index in [0.29, 0.717) is 67.5 Å². The number of pyridine rings is 1. The number of fused-ring (bicyclic) bond motifs is 1. The van der Waals surface area contributed by atoms with E-state index in [9.17, 15) is 4.79 Å². The van der Waals surface area contributed by atoms with Crippen molar-refractivity contribution < 1.29 is 18.7 Å². The second kappa shape index (κ2) is 9.69. The molecular weight excluding hydrogens is 446 g/mol. The first-order chi connectivity index (χ1) is 16.1. The van der Waals surface area contributed by atoms with E-state index in [1.165, 1.54) is 6.42 Å². The molecule has 33 heavy (non-hydrogen) atoms. The molecule has 3 aliphatic heterocycles. The van der Waals surface area contributed by atoms with Gasteiger partial charge < -0.3 is 23.7 Å². The van der Waals surface area contributed by atoms with Crippen LogP contribution in [0.15, 0.2) is 33.3 Å². The maximum absolute atomic E-state index is 13.1. The van der Waals surface area contributed by atoms with Crippen LogP contribution in [0, 0.1) is 5.92 Å². The smallest absolute Gasteiger partial charge is 0.300 e. The highest BCUT2D eigenvalue weighted by Gasteiger charge is 2.29. The Morgan fingerprint density at radius 2 is 2.06 bits per heavy atom. The van der Waals surface area contributed by atoms with Crippen LogP contribution in [0.1, 0.15) is 32.6 Å². The summed E-state index contributed by atoms with van der Waals surface area (Å²) in [4.78, 5) is 30.0. The molecular formula is C23H28ClN5O4. The van der Waals surface area contributed by atoms with Gasteiger partial charge in [0, 0.05) is 50.5 Å². The molecule has 1 amide bonds. The van der Waals surface area contributed by atoms with Gasteiger partial charge in [0.1, 0.15) is 11.8 Å². The molecule has 9 nitrogen and oxygen atoms in total. The van der Waals surface area contributed by atoms with Crippen LogP contribution in [0.25, 0.3) is 11.2 Å². The fourth-order valence-electron chi connectivity index (χ4n) is 4.40. The Hall–Kier alpha value is -2.65. The third kappa shape index (κ3) is 4.99. The normalized spacial score (nSPS) is 23.9. The summed E-state index contributed by atoms with van der Waals surface area (Å²) in [6.45, 7) is 5.82. The first-order valence-electron chi connectivity index (χ1n) is 11.6. The van der Waals surface area contributed by atoms with Gasteiger partial charge in [0.2, 0.25) is 5.65 Å². The number of aliphatic imine (C=N–C) groups is 1. The average Bonchev–Trinajstić information content (AvgIpc) is 3.27. The predicted molar refractivity (Wildman–Crippen MR) is 124 cm³/mol. The molecule has 2 unspecified atom stereocenters. The number of ether oxygens (including phenoxy) is 2. The summed E-state index contributed by atoms with van der Waals surface area (Å²) in [5, 5.41) is 0.381. The number of rotatable bonds is 4. The molecule has 176 valence electrons. The minimum absolute atomic E-state index is 0.0333. The van der Waals surface area contributed by atoms with Gasteiger partial charge in [0.15, 0.2) is 11.5 Å². The van der Waals surface area contributed by atoms with Crippen LogP contribution < -0.4 is 4.90 Å². The van der Waals surface area contributed by atoms with Crippen LogP contribution in [0.5, 0.6) is 0 Å². The molecule has 5 rings (SSSR count). The topological polar surface area (TPSA) is 93.3 Å². The van der Waals surface area contributed by atoms with Gasteiger partial charge in [-0.3, -0.25) is 4.79 Å². The number of carbonyl (C=O) groups excluding carboxylic acids is 1. The molecule has 5 heterocycles. The first-order valence-corrected chi connectivity index (χ1v) is 11.9. The molecule has 0 bridgehead atoms. The molecule has 2 fully saturated rings. The number of piperazine rings is 1. The molecule has 0 aromatic carbocycles. The molecule has 0 aliphatic carbocycles. The lowest BCUT2D eigenvalue weighted by molar-refractivity contribution is -0.127. The SMILES string of the molecule is CC1CC(C(=O)N2CCN(c3nc4nc(Cl)ccc4o3)CC2)=CN=C1OCC1CCCCO1. The number of nitrogens with zero attached hydrogens (tertiary/aromatic N) is 5. The summed E-state index contributed by atoms with van der Waals surface area (Å²) in [7, 11) is 0. The van der Waals surface area contributed by atoms with Crippen LogP contribution in [-0.4, -0.2) is 72.2 Å². The maximum atomic E-state index is 13.1. The number of amides is 1. The lowest BCUT2D eigenvalue weighted by Crippen LogP contribution is -2.49.